The van der Waals surface area contributed by atoms with Gasteiger partial charge in [0, 0.05) is 5.02 Å². The molecule has 0 N–H and O–H groups in total. The van der Waals surface area contributed by atoms with Crippen molar-refractivity contribution in [3.63, 3.8) is 0 Å². The first-order valence-corrected chi connectivity index (χ1v) is 7.37. The summed E-state index contributed by atoms with van der Waals surface area (Å²) in [5.41, 5.74) is 4.81. The molecule has 0 bridgehead atoms. The van der Waals surface area contributed by atoms with Crippen LogP contribution in [0.4, 0.5) is 0 Å². The molecule has 3 heteroatoms. The summed E-state index contributed by atoms with van der Waals surface area (Å²) in [6, 6.07) is 12.2. The summed E-state index contributed by atoms with van der Waals surface area (Å²) < 4.78 is 5.18. The average molecular weight is 340 g/mol. The van der Waals surface area contributed by atoms with Crippen LogP contribution in [0.2, 0.25) is 5.02 Å². The van der Waals surface area contributed by atoms with Gasteiger partial charge in [0.15, 0.2) is 0 Å². The topological polar surface area (TPSA) is 9.23 Å². The molecule has 2 aromatic rings. The van der Waals surface area contributed by atoms with Gasteiger partial charge >= 0.3 is 0 Å². The van der Waals surface area contributed by atoms with Gasteiger partial charge in [-0.05, 0) is 42.7 Å². The van der Waals surface area contributed by atoms with Crippen molar-refractivity contribution in [3.8, 4) is 5.75 Å². The lowest BCUT2D eigenvalue weighted by molar-refractivity contribution is 0.414. The standard InChI is InChI=1S/C16H16BrClO/c1-10-4-6-13(11(2)8-10)16(17)14-7-5-12(19-3)9-15(14)18/h4-9,16H,1-3H3. The Morgan fingerprint density at radius 3 is 2.32 bits per heavy atom. The molecule has 0 aliphatic rings. The van der Waals surface area contributed by atoms with E-state index < -0.39 is 0 Å². The Labute approximate surface area is 127 Å². The van der Waals surface area contributed by atoms with Crippen molar-refractivity contribution in [1.29, 1.82) is 0 Å². The Hall–Kier alpha value is -0.990. The largest absolute Gasteiger partial charge is 0.497 e. The number of hydrogen-bond acceptors (Lipinski definition) is 1. The fourth-order valence-corrected chi connectivity index (χ4v) is 3.44. The van der Waals surface area contributed by atoms with Gasteiger partial charge in [-0.3, -0.25) is 0 Å². The third-order valence-electron chi connectivity index (χ3n) is 3.18. The molecule has 0 spiro atoms. The van der Waals surface area contributed by atoms with Crippen LogP contribution in [-0.2, 0) is 0 Å². The second-order valence-electron chi connectivity index (χ2n) is 4.61. The molecular formula is C16H16BrClO. The number of methoxy groups -OCH3 is 1. The van der Waals surface area contributed by atoms with Crippen LogP contribution in [0, 0.1) is 13.8 Å². The van der Waals surface area contributed by atoms with Crippen LogP contribution in [0.3, 0.4) is 0 Å². The Balaban J connectivity index is 2.41. The minimum atomic E-state index is 0.0894. The Bertz CT molecular complexity index is 595. The molecule has 0 aliphatic heterocycles. The molecule has 0 saturated heterocycles. The fourth-order valence-electron chi connectivity index (χ4n) is 2.12. The summed E-state index contributed by atoms with van der Waals surface area (Å²) in [5, 5.41) is 0.709. The van der Waals surface area contributed by atoms with Crippen molar-refractivity contribution >= 4 is 27.5 Å². The number of hydrogen-bond donors (Lipinski definition) is 0. The zero-order valence-corrected chi connectivity index (χ0v) is 13.5. The highest BCUT2D eigenvalue weighted by Crippen LogP contribution is 2.38. The molecule has 2 rings (SSSR count). The lowest BCUT2D eigenvalue weighted by Gasteiger charge is -2.16. The van der Waals surface area contributed by atoms with E-state index in [1.807, 2.05) is 18.2 Å². The van der Waals surface area contributed by atoms with Gasteiger partial charge in [-0.1, -0.05) is 57.4 Å². The van der Waals surface area contributed by atoms with Crippen molar-refractivity contribution in [2.75, 3.05) is 7.11 Å². The molecule has 0 heterocycles. The van der Waals surface area contributed by atoms with Gasteiger partial charge in [0.1, 0.15) is 5.75 Å². The monoisotopic (exact) mass is 338 g/mol. The number of aryl methyl sites for hydroxylation is 2. The Morgan fingerprint density at radius 1 is 1.05 bits per heavy atom. The van der Waals surface area contributed by atoms with Crippen LogP contribution >= 0.6 is 27.5 Å². The van der Waals surface area contributed by atoms with E-state index in [1.165, 1.54) is 16.7 Å². The molecular weight excluding hydrogens is 324 g/mol. The summed E-state index contributed by atoms with van der Waals surface area (Å²) in [5.74, 6) is 0.772. The Morgan fingerprint density at radius 2 is 1.74 bits per heavy atom. The number of ether oxygens (including phenoxy) is 1. The molecule has 2 aromatic carbocycles. The van der Waals surface area contributed by atoms with E-state index in [9.17, 15) is 0 Å². The van der Waals surface area contributed by atoms with E-state index in [2.05, 4.69) is 48.0 Å². The van der Waals surface area contributed by atoms with Gasteiger partial charge in [-0.25, -0.2) is 0 Å². The van der Waals surface area contributed by atoms with E-state index in [0.717, 1.165) is 11.3 Å². The van der Waals surface area contributed by atoms with Gasteiger partial charge in [-0.2, -0.15) is 0 Å². The van der Waals surface area contributed by atoms with Gasteiger partial charge in [0.25, 0.3) is 0 Å². The van der Waals surface area contributed by atoms with Gasteiger partial charge in [0.2, 0.25) is 0 Å². The molecule has 0 radical (unpaired) electrons. The Kier molecular flexibility index (Phi) is 4.54. The SMILES string of the molecule is COc1ccc(C(Br)c2ccc(C)cc2C)c(Cl)c1. The molecule has 0 fully saturated rings. The number of rotatable bonds is 3. The zero-order valence-electron chi connectivity index (χ0n) is 11.2. The maximum absolute atomic E-state index is 6.33. The van der Waals surface area contributed by atoms with E-state index >= 15 is 0 Å². The van der Waals surface area contributed by atoms with Crippen molar-refractivity contribution in [1.82, 2.24) is 0 Å². The van der Waals surface area contributed by atoms with E-state index in [1.54, 1.807) is 7.11 Å². The predicted octanol–water partition coefficient (Wildman–Crippen LogP) is 5.45. The summed E-state index contributed by atoms with van der Waals surface area (Å²) in [6.07, 6.45) is 0. The summed E-state index contributed by atoms with van der Waals surface area (Å²) in [6.45, 7) is 4.22. The molecule has 1 unspecified atom stereocenters. The fraction of sp³-hybridized carbons (Fsp3) is 0.250. The lowest BCUT2D eigenvalue weighted by atomic mass is 9.98. The molecule has 0 aliphatic carbocycles. The predicted molar refractivity (Wildman–Crippen MR) is 84.7 cm³/mol. The normalized spacial score (nSPS) is 12.3. The first-order chi connectivity index (χ1) is 9.02. The van der Waals surface area contributed by atoms with Crippen LogP contribution < -0.4 is 4.74 Å². The van der Waals surface area contributed by atoms with Gasteiger partial charge < -0.3 is 4.74 Å². The lowest BCUT2D eigenvalue weighted by Crippen LogP contribution is -1.97. The summed E-state index contributed by atoms with van der Waals surface area (Å²) >= 11 is 10.1. The second-order valence-corrected chi connectivity index (χ2v) is 5.93. The van der Waals surface area contributed by atoms with E-state index in [-0.39, 0.29) is 4.83 Å². The third kappa shape index (κ3) is 3.13. The van der Waals surface area contributed by atoms with E-state index in [4.69, 9.17) is 16.3 Å². The minimum Gasteiger partial charge on any atom is -0.497 e. The van der Waals surface area contributed by atoms with Crippen LogP contribution in [0.1, 0.15) is 27.1 Å². The highest BCUT2D eigenvalue weighted by molar-refractivity contribution is 9.09. The van der Waals surface area contributed by atoms with E-state index in [0.29, 0.717) is 5.02 Å². The van der Waals surface area contributed by atoms with Crippen LogP contribution in [0.25, 0.3) is 0 Å². The highest BCUT2D eigenvalue weighted by atomic mass is 79.9. The van der Waals surface area contributed by atoms with Crippen LogP contribution in [0.15, 0.2) is 36.4 Å². The van der Waals surface area contributed by atoms with Crippen molar-refractivity contribution in [2.24, 2.45) is 0 Å². The molecule has 100 valence electrons. The first-order valence-electron chi connectivity index (χ1n) is 6.07. The number of benzene rings is 2. The van der Waals surface area contributed by atoms with Gasteiger partial charge in [0.05, 0.1) is 11.9 Å². The summed E-state index contributed by atoms with van der Waals surface area (Å²) in [4.78, 5) is 0.0894. The first kappa shape index (κ1) is 14.4. The maximum atomic E-state index is 6.33. The minimum absolute atomic E-state index is 0.0894. The highest BCUT2D eigenvalue weighted by Gasteiger charge is 2.16. The maximum Gasteiger partial charge on any atom is 0.120 e. The molecule has 0 amide bonds. The van der Waals surface area contributed by atoms with Crippen molar-refractivity contribution in [2.45, 2.75) is 18.7 Å². The van der Waals surface area contributed by atoms with Gasteiger partial charge in [-0.15, -0.1) is 0 Å². The molecule has 1 nitrogen and oxygen atoms in total. The number of halogens is 2. The molecule has 1 atom stereocenters. The van der Waals surface area contributed by atoms with Crippen LogP contribution in [-0.4, -0.2) is 7.11 Å². The molecule has 19 heavy (non-hydrogen) atoms. The van der Waals surface area contributed by atoms with Crippen molar-refractivity contribution < 1.29 is 4.74 Å². The summed E-state index contributed by atoms with van der Waals surface area (Å²) in [7, 11) is 1.64. The average Bonchev–Trinajstić information content (AvgIpc) is 2.37. The zero-order chi connectivity index (χ0) is 14.0. The van der Waals surface area contributed by atoms with Crippen LogP contribution in [0.5, 0.6) is 5.75 Å². The van der Waals surface area contributed by atoms with Crippen molar-refractivity contribution in [3.05, 3.63) is 63.7 Å². The second kappa shape index (κ2) is 5.98. The third-order valence-corrected chi connectivity index (χ3v) is 4.49. The number of alkyl halides is 1. The quantitative estimate of drug-likeness (QED) is 0.676. The molecule has 0 aromatic heterocycles. The molecule has 0 saturated carbocycles. The smallest absolute Gasteiger partial charge is 0.120 e.